The van der Waals surface area contributed by atoms with Gasteiger partial charge in [0.1, 0.15) is 5.69 Å². The Bertz CT molecular complexity index is 593. The lowest BCUT2D eigenvalue weighted by atomic mass is 10.0. The van der Waals surface area contributed by atoms with Crippen LogP contribution < -0.4 is 10.1 Å². The second-order valence-electron chi connectivity index (χ2n) is 4.81. The van der Waals surface area contributed by atoms with E-state index in [9.17, 15) is 0 Å². The zero-order valence-corrected chi connectivity index (χ0v) is 13.9. The van der Waals surface area contributed by atoms with E-state index in [1.165, 1.54) is 0 Å². The lowest BCUT2D eigenvalue weighted by Gasteiger charge is -2.21. The Balaban J connectivity index is 2.49. The topological polar surface area (TPSA) is 39.1 Å². The van der Waals surface area contributed by atoms with Crippen molar-refractivity contribution < 1.29 is 4.74 Å². The minimum absolute atomic E-state index is 0.0800. The zero-order chi connectivity index (χ0) is 15.4. The molecule has 6 heteroatoms. The van der Waals surface area contributed by atoms with Crippen molar-refractivity contribution in [1.29, 1.82) is 0 Å². The van der Waals surface area contributed by atoms with Gasteiger partial charge < -0.3 is 10.1 Å². The standard InChI is InChI=1S/C15H19Cl2N3O/c1-4-5-18-14(10-6-11(16)8-12(17)7-10)15-13(21-3)9-19-20(15)2/h6-9,14,18H,4-5H2,1-3H3. The Morgan fingerprint density at radius 1 is 1.29 bits per heavy atom. The minimum atomic E-state index is -0.0800. The van der Waals surface area contributed by atoms with Crippen LogP contribution >= 0.6 is 23.2 Å². The van der Waals surface area contributed by atoms with Crippen molar-refractivity contribution in [2.45, 2.75) is 19.4 Å². The first kappa shape index (κ1) is 16.1. The molecule has 1 aromatic heterocycles. The predicted octanol–water partition coefficient (Wildman–Crippen LogP) is 3.82. The monoisotopic (exact) mass is 327 g/mol. The number of methoxy groups -OCH3 is 1. The summed E-state index contributed by atoms with van der Waals surface area (Å²) < 4.78 is 7.23. The molecule has 1 N–H and O–H groups in total. The van der Waals surface area contributed by atoms with Gasteiger partial charge in [-0.1, -0.05) is 30.1 Å². The number of hydrogen-bond acceptors (Lipinski definition) is 3. The Labute approximate surface area is 135 Å². The summed E-state index contributed by atoms with van der Waals surface area (Å²) in [5.74, 6) is 0.738. The van der Waals surface area contributed by atoms with Gasteiger partial charge in [-0.05, 0) is 36.7 Å². The molecule has 0 aliphatic rings. The first-order valence-corrected chi connectivity index (χ1v) is 7.57. The number of aromatic nitrogens is 2. The largest absolute Gasteiger partial charge is 0.493 e. The van der Waals surface area contributed by atoms with Crippen LogP contribution in [0.15, 0.2) is 24.4 Å². The molecule has 0 radical (unpaired) electrons. The molecule has 0 saturated heterocycles. The van der Waals surface area contributed by atoms with Gasteiger partial charge in [-0.3, -0.25) is 4.68 Å². The lowest BCUT2D eigenvalue weighted by Crippen LogP contribution is -2.25. The highest BCUT2D eigenvalue weighted by atomic mass is 35.5. The van der Waals surface area contributed by atoms with Crippen LogP contribution in [0.2, 0.25) is 10.0 Å². The van der Waals surface area contributed by atoms with E-state index in [-0.39, 0.29) is 6.04 Å². The third kappa shape index (κ3) is 3.70. The van der Waals surface area contributed by atoms with E-state index in [1.807, 2.05) is 19.2 Å². The maximum absolute atomic E-state index is 6.14. The van der Waals surface area contributed by atoms with Crippen molar-refractivity contribution in [3.05, 3.63) is 45.7 Å². The Hall–Kier alpha value is -1.23. The van der Waals surface area contributed by atoms with E-state index in [2.05, 4.69) is 17.3 Å². The molecule has 1 unspecified atom stereocenters. The zero-order valence-electron chi connectivity index (χ0n) is 12.4. The van der Waals surface area contributed by atoms with Gasteiger partial charge in [0.05, 0.1) is 19.3 Å². The molecule has 0 saturated carbocycles. The maximum atomic E-state index is 6.14. The number of nitrogens with one attached hydrogen (secondary N) is 1. The molecular weight excluding hydrogens is 309 g/mol. The SMILES string of the molecule is CCCNC(c1cc(Cl)cc(Cl)c1)c1c(OC)cnn1C. The van der Waals surface area contributed by atoms with Gasteiger partial charge in [-0.25, -0.2) is 0 Å². The maximum Gasteiger partial charge on any atom is 0.161 e. The molecule has 0 aliphatic carbocycles. The Kier molecular flexibility index (Phi) is 5.51. The van der Waals surface area contributed by atoms with E-state index in [0.29, 0.717) is 10.0 Å². The van der Waals surface area contributed by atoms with E-state index in [4.69, 9.17) is 27.9 Å². The van der Waals surface area contributed by atoms with Crippen molar-refractivity contribution in [3.63, 3.8) is 0 Å². The van der Waals surface area contributed by atoms with Gasteiger partial charge in [0.2, 0.25) is 0 Å². The molecule has 2 rings (SSSR count). The van der Waals surface area contributed by atoms with Crippen LogP contribution in [0, 0.1) is 0 Å². The Morgan fingerprint density at radius 3 is 2.52 bits per heavy atom. The van der Waals surface area contributed by atoms with Crippen molar-refractivity contribution in [1.82, 2.24) is 15.1 Å². The summed E-state index contributed by atoms with van der Waals surface area (Å²) in [6.45, 7) is 2.98. The highest BCUT2D eigenvalue weighted by Crippen LogP contribution is 2.32. The average Bonchev–Trinajstić information content (AvgIpc) is 2.80. The summed E-state index contributed by atoms with van der Waals surface area (Å²) in [4.78, 5) is 0. The lowest BCUT2D eigenvalue weighted by molar-refractivity contribution is 0.400. The molecule has 21 heavy (non-hydrogen) atoms. The van der Waals surface area contributed by atoms with Crippen molar-refractivity contribution >= 4 is 23.2 Å². The van der Waals surface area contributed by atoms with Crippen LogP contribution in [-0.2, 0) is 7.05 Å². The van der Waals surface area contributed by atoms with Gasteiger partial charge in [0, 0.05) is 17.1 Å². The van der Waals surface area contributed by atoms with Gasteiger partial charge in [-0.15, -0.1) is 0 Å². The second kappa shape index (κ2) is 7.16. The highest BCUT2D eigenvalue weighted by molar-refractivity contribution is 6.34. The fourth-order valence-electron chi connectivity index (χ4n) is 2.32. The molecule has 1 atom stereocenters. The summed E-state index contributed by atoms with van der Waals surface area (Å²) in [6.07, 6.45) is 2.73. The minimum Gasteiger partial charge on any atom is -0.493 e. The molecule has 4 nitrogen and oxygen atoms in total. The van der Waals surface area contributed by atoms with E-state index < -0.39 is 0 Å². The Morgan fingerprint density at radius 2 is 1.95 bits per heavy atom. The fraction of sp³-hybridized carbons (Fsp3) is 0.400. The molecule has 0 fully saturated rings. The van der Waals surface area contributed by atoms with Crippen LogP contribution in [0.25, 0.3) is 0 Å². The molecule has 0 amide bonds. The summed E-state index contributed by atoms with van der Waals surface area (Å²) in [7, 11) is 3.53. The van der Waals surface area contributed by atoms with Gasteiger partial charge in [-0.2, -0.15) is 5.10 Å². The molecular formula is C15H19Cl2N3O. The average molecular weight is 328 g/mol. The van der Waals surface area contributed by atoms with Crippen molar-refractivity contribution in [2.24, 2.45) is 7.05 Å². The van der Waals surface area contributed by atoms with Gasteiger partial charge >= 0.3 is 0 Å². The normalized spacial score (nSPS) is 12.4. The summed E-state index contributed by atoms with van der Waals surface area (Å²) >= 11 is 12.3. The van der Waals surface area contributed by atoms with Crippen LogP contribution in [-0.4, -0.2) is 23.4 Å². The number of nitrogens with zero attached hydrogens (tertiary/aromatic N) is 2. The second-order valence-corrected chi connectivity index (χ2v) is 5.68. The third-order valence-corrected chi connectivity index (χ3v) is 3.70. The predicted molar refractivity (Wildman–Crippen MR) is 86.4 cm³/mol. The highest BCUT2D eigenvalue weighted by Gasteiger charge is 2.22. The van der Waals surface area contributed by atoms with Crippen LogP contribution in [0.1, 0.15) is 30.6 Å². The van der Waals surface area contributed by atoms with Crippen LogP contribution in [0.3, 0.4) is 0 Å². The molecule has 114 valence electrons. The van der Waals surface area contributed by atoms with Crippen LogP contribution in [0.5, 0.6) is 5.75 Å². The van der Waals surface area contributed by atoms with Crippen LogP contribution in [0.4, 0.5) is 0 Å². The molecule has 0 bridgehead atoms. The number of benzene rings is 1. The molecule has 1 heterocycles. The number of aryl methyl sites for hydroxylation is 1. The first-order valence-electron chi connectivity index (χ1n) is 6.82. The summed E-state index contributed by atoms with van der Waals surface area (Å²) in [6, 6.07) is 5.47. The fourth-order valence-corrected chi connectivity index (χ4v) is 2.86. The number of ether oxygens (including phenoxy) is 1. The number of halogens is 2. The molecule has 2 aromatic rings. The summed E-state index contributed by atoms with van der Waals surface area (Å²) in [5, 5.41) is 9.00. The summed E-state index contributed by atoms with van der Waals surface area (Å²) in [5.41, 5.74) is 1.94. The molecule has 0 aliphatic heterocycles. The van der Waals surface area contributed by atoms with Gasteiger partial charge in [0.15, 0.2) is 5.75 Å². The van der Waals surface area contributed by atoms with E-state index in [1.54, 1.807) is 24.1 Å². The smallest absolute Gasteiger partial charge is 0.161 e. The van der Waals surface area contributed by atoms with Crippen molar-refractivity contribution in [3.8, 4) is 5.75 Å². The number of rotatable bonds is 6. The first-order chi connectivity index (χ1) is 10.1. The third-order valence-electron chi connectivity index (χ3n) is 3.26. The quantitative estimate of drug-likeness (QED) is 0.876. The molecule has 0 spiro atoms. The molecule has 1 aromatic carbocycles. The van der Waals surface area contributed by atoms with Gasteiger partial charge in [0.25, 0.3) is 0 Å². The van der Waals surface area contributed by atoms with E-state index >= 15 is 0 Å². The van der Waals surface area contributed by atoms with Crippen molar-refractivity contribution in [2.75, 3.05) is 13.7 Å². The number of hydrogen-bond donors (Lipinski definition) is 1. The van der Waals surface area contributed by atoms with E-state index in [0.717, 1.165) is 30.0 Å².